The maximum absolute atomic E-state index is 12.5. The van der Waals surface area contributed by atoms with Crippen LogP contribution >= 0.6 is 11.3 Å². The quantitative estimate of drug-likeness (QED) is 0.619. The van der Waals surface area contributed by atoms with Gasteiger partial charge < -0.3 is 19.3 Å². The average Bonchev–Trinajstić information content (AvgIpc) is 3.16. The smallest absolute Gasteiger partial charge is 0.260 e. The van der Waals surface area contributed by atoms with Crippen molar-refractivity contribution in [3.8, 4) is 11.5 Å². The van der Waals surface area contributed by atoms with E-state index < -0.39 is 0 Å². The molecule has 0 spiro atoms. The molecule has 1 aliphatic heterocycles. The Kier molecular flexibility index (Phi) is 5.85. The van der Waals surface area contributed by atoms with Gasteiger partial charge in [0.1, 0.15) is 11.5 Å². The van der Waals surface area contributed by atoms with E-state index in [-0.39, 0.29) is 12.5 Å². The second-order valence-electron chi connectivity index (χ2n) is 7.03. The van der Waals surface area contributed by atoms with Gasteiger partial charge in [-0.15, -0.1) is 0 Å². The number of nitrogens with zero attached hydrogens (tertiary/aromatic N) is 3. The second-order valence-corrected chi connectivity index (χ2v) is 8.04. The molecule has 0 aliphatic carbocycles. The van der Waals surface area contributed by atoms with Crippen molar-refractivity contribution in [2.75, 3.05) is 44.3 Å². The molecule has 0 saturated carbocycles. The number of aryl methyl sites for hydroxylation is 1. The van der Waals surface area contributed by atoms with Gasteiger partial charge in [-0.25, -0.2) is 4.98 Å². The Hall–Kier alpha value is -2.80. The van der Waals surface area contributed by atoms with Gasteiger partial charge in [0.2, 0.25) is 0 Å². The fourth-order valence-electron chi connectivity index (χ4n) is 3.34. The third-order valence-electron chi connectivity index (χ3n) is 4.93. The van der Waals surface area contributed by atoms with E-state index in [1.165, 1.54) is 10.3 Å². The number of hydrogen-bond donors (Lipinski definition) is 0. The van der Waals surface area contributed by atoms with Crippen molar-refractivity contribution in [3.63, 3.8) is 0 Å². The molecule has 2 aromatic carbocycles. The number of anilines is 1. The number of carbonyl (C=O) groups excluding carboxylic acids is 1. The number of thiazole rings is 1. The topological polar surface area (TPSA) is 54.9 Å². The maximum Gasteiger partial charge on any atom is 0.260 e. The van der Waals surface area contributed by atoms with Crippen LogP contribution in [0.4, 0.5) is 5.13 Å². The van der Waals surface area contributed by atoms with Gasteiger partial charge in [-0.3, -0.25) is 4.79 Å². The van der Waals surface area contributed by atoms with Crippen molar-refractivity contribution in [1.29, 1.82) is 0 Å². The molecule has 0 unspecified atom stereocenters. The van der Waals surface area contributed by atoms with Gasteiger partial charge in [0.15, 0.2) is 11.7 Å². The van der Waals surface area contributed by atoms with Crippen LogP contribution in [0.25, 0.3) is 10.2 Å². The van der Waals surface area contributed by atoms with Gasteiger partial charge in [-0.2, -0.15) is 0 Å². The SMILES string of the molecule is CCOc1ccc(OCC(=O)N2CCN(c3nc4ccc(C)cc4s3)CC2)cc1. The summed E-state index contributed by atoms with van der Waals surface area (Å²) in [4.78, 5) is 21.4. The van der Waals surface area contributed by atoms with E-state index in [2.05, 4.69) is 30.0 Å². The molecule has 2 heterocycles. The molecule has 4 rings (SSSR count). The Bertz CT molecular complexity index is 979. The van der Waals surface area contributed by atoms with E-state index in [1.807, 2.05) is 36.1 Å². The average molecular weight is 412 g/mol. The van der Waals surface area contributed by atoms with Gasteiger partial charge >= 0.3 is 0 Å². The number of carbonyl (C=O) groups is 1. The Morgan fingerprint density at radius 2 is 1.72 bits per heavy atom. The summed E-state index contributed by atoms with van der Waals surface area (Å²) in [7, 11) is 0. The van der Waals surface area contributed by atoms with Gasteiger partial charge in [0, 0.05) is 26.2 Å². The number of rotatable bonds is 6. The highest BCUT2D eigenvalue weighted by Crippen LogP contribution is 2.30. The van der Waals surface area contributed by atoms with Crippen molar-refractivity contribution >= 4 is 32.6 Å². The van der Waals surface area contributed by atoms with Gasteiger partial charge in [-0.05, 0) is 55.8 Å². The second kappa shape index (κ2) is 8.69. The largest absolute Gasteiger partial charge is 0.494 e. The molecular weight excluding hydrogens is 386 g/mol. The number of hydrogen-bond acceptors (Lipinski definition) is 6. The Morgan fingerprint density at radius 3 is 2.41 bits per heavy atom. The lowest BCUT2D eigenvalue weighted by Gasteiger charge is -2.34. The van der Waals surface area contributed by atoms with Crippen LogP contribution in [-0.2, 0) is 4.79 Å². The van der Waals surface area contributed by atoms with Crippen LogP contribution in [0.15, 0.2) is 42.5 Å². The summed E-state index contributed by atoms with van der Waals surface area (Å²) in [5.74, 6) is 1.48. The molecule has 6 nitrogen and oxygen atoms in total. The van der Waals surface area contributed by atoms with Gasteiger partial charge in [0.05, 0.1) is 16.8 Å². The molecule has 0 bridgehead atoms. The first kappa shape index (κ1) is 19.5. The molecule has 1 fully saturated rings. The molecule has 29 heavy (non-hydrogen) atoms. The Morgan fingerprint density at radius 1 is 1.03 bits per heavy atom. The molecule has 1 amide bonds. The van der Waals surface area contributed by atoms with E-state index in [1.54, 1.807) is 11.3 Å². The molecular formula is C22H25N3O3S. The van der Waals surface area contributed by atoms with Crippen LogP contribution in [0.5, 0.6) is 11.5 Å². The van der Waals surface area contributed by atoms with Crippen molar-refractivity contribution in [1.82, 2.24) is 9.88 Å². The lowest BCUT2D eigenvalue weighted by molar-refractivity contribution is -0.133. The van der Waals surface area contributed by atoms with Gasteiger partial charge in [-0.1, -0.05) is 17.4 Å². The zero-order valence-electron chi connectivity index (χ0n) is 16.8. The number of aromatic nitrogens is 1. The third-order valence-corrected chi connectivity index (χ3v) is 6.01. The van der Waals surface area contributed by atoms with Crippen molar-refractivity contribution in [2.45, 2.75) is 13.8 Å². The summed E-state index contributed by atoms with van der Waals surface area (Å²) in [5, 5.41) is 1.03. The van der Waals surface area contributed by atoms with Crippen molar-refractivity contribution in [2.24, 2.45) is 0 Å². The number of amides is 1. The highest BCUT2D eigenvalue weighted by molar-refractivity contribution is 7.22. The van der Waals surface area contributed by atoms with Crippen LogP contribution in [0.1, 0.15) is 12.5 Å². The van der Waals surface area contributed by atoms with Gasteiger partial charge in [0.25, 0.3) is 5.91 Å². The van der Waals surface area contributed by atoms with Crippen molar-refractivity contribution in [3.05, 3.63) is 48.0 Å². The van der Waals surface area contributed by atoms with E-state index in [4.69, 9.17) is 14.5 Å². The van der Waals surface area contributed by atoms with Crippen LogP contribution in [0, 0.1) is 6.92 Å². The lowest BCUT2D eigenvalue weighted by Crippen LogP contribution is -2.50. The Balaban J connectivity index is 1.28. The first-order valence-electron chi connectivity index (χ1n) is 9.88. The molecule has 0 radical (unpaired) electrons. The number of ether oxygens (including phenoxy) is 2. The number of benzene rings is 2. The van der Waals surface area contributed by atoms with Crippen LogP contribution < -0.4 is 14.4 Å². The normalized spacial score (nSPS) is 14.3. The minimum Gasteiger partial charge on any atom is -0.494 e. The summed E-state index contributed by atoms with van der Waals surface area (Å²) in [6, 6.07) is 13.7. The predicted molar refractivity (Wildman–Crippen MR) is 116 cm³/mol. The Labute approximate surface area is 174 Å². The molecule has 1 saturated heterocycles. The van der Waals surface area contributed by atoms with E-state index in [9.17, 15) is 4.79 Å². The highest BCUT2D eigenvalue weighted by Gasteiger charge is 2.23. The molecule has 0 N–H and O–H groups in total. The summed E-state index contributed by atoms with van der Waals surface area (Å²) in [6.45, 7) is 7.65. The molecule has 1 aromatic heterocycles. The van der Waals surface area contributed by atoms with Crippen molar-refractivity contribution < 1.29 is 14.3 Å². The molecule has 7 heteroatoms. The summed E-state index contributed by atoms with van der Waals surface area (Å²) in [6.07, 6.45) is 0. The van der Waals surface area contributed by atoms with Crippen LogP contribution in [-0.4, -0.2) is 55.2 Å². The first-order valence-corrected chi connectivity index (χ1v) is 10.7. The molecule has 3 aromatic rings. The number of piperazine rings is 1. The molecule has 0 atom stereocenters. The first-order chi connectivity index (χ1) is 14.1. The monoisotopic (exact) mass is 411 g/mol. The summed E-state index contributed by atoms with van der Waals surface area (Å²) < 4.78 is 12.3. The minimum atomic E-state index is 0.0125. The zero-order chi connectivity index (χ0) is 20.2. The summed E-state index contributed by atoms with van der Waals surface area (Å²) >= 11 is 1.72. The number of fused-ring (bicyclic) bond motifs is 1. The standard InChI is InChI=1S/C22H25N3O3S/c1-3-27-17-5-7-18(8-6-17)28-15-21(26)24-10-12-25(13-11-24)22-23-19-9-4-16(2)14-20(19)29-22/h4-9,14H,3,10-13,15H2,1-2H3. The van der Waals surface area contributed by atoms with Crippen LogP contribution in [0.2, 0.25) is 0 Å². The molecule has 1 aliphatic rings. The third kappa shape index (κ3) is 4.62. The minimum absolute atomic E-state index is 0.0125. The van der Waals surface area contributed by atoms with E-state index in [0.29, 0.717) is 25.4 Å². The lowest BCUT2D eigenvalue weighted by atomic mass is 10.2. The molecule has 152 valence electrons. The van der Waals surface area contributed by atoms with Crippen LogP contribution in [0.3, 0.4) is 0 Å². The summed E-state index contributed by atoms with van der Waals surface area (Å²) in [5.41, 5.74) is 2.29. The predicted octanol–water partition coefficient (Wildman–Crippen LogP) is 3.73. The fraction of sp³-hybridized carbons (Fsp3) is 0.364. The van der Waals surface area contributed by atoms with E-state index in [0.717, 1.165) is 29.5 Å². The fourth-order valence-corrected chi connectivity index (χ4v) is 4.45. The maximum atomic E-state index is 12.5. The zero-order valence-corrected chi connectivity index (χ0v) is 17.6. The van der Waals surface area contributed by atoms with E-state index >= 15 is 0 Å². The highest BCUT2D eigenvalue weighted by atomic mass is 32.1.